The molecule has 2 aromatic rings. The van der Waals surface area contributed by atoms with Crippen LogP contribution >= 0.6 is 27.5 Å². The fraction of sp³-hybridized carbons (Fsp3) is 0.333. The Kier molecular flexibility index (Phi) is 6.08. The van der Waals surface area contributed by atoms with Crippen molar-refractivity contribution in [3.05, 3.63) is 62.6 Å². The number of hydrogen-bond donors (Lipinski definition) is 0. The number of carbonyl (C=O) groups excluding carboxylic acids is 1. The highest BCUT2D eigenvalue weighted by molar-refractivity contribution is 9.10. The zero-order chi connectivity index (χ0) is 19.4. The number of hydrogen-bond acceptors (Lipinski definition) is 4. The quantitative estimate of drug-likeness (QED) is 0.604. The van der Waals surface area contributed by atoms with E-state index >= 15 is 0 Å². The molecule has 0 saturated carbocycles. The van der Waals surface area contributed by atoms with Gasteiger partial charge in [0.1, 0.15) is 17.8 Å². The second kappa shape index (κ2) is 8.33. The van der Waals surface area contributed by atoms with Gasteiger partial charge < -0.3 is 9.47 Å². The smallest absolute Gasteiger partial charge is 0.309 e. The standard InChI is InChI=1S/C21H19BrClNO3/c1-26-20(25)10-14-4-7-19(18(22)9-14)27-13-21(12-24)8-2-3-15-5-6-16(23)11-17(15)21/h4-7,9,11H,2-3,8,10,13H2,1H3. The molecule has 0 fully saturated rings. The average Bonchev–Trinajstić information content (AvgIpc) is 2.67. The molecule has 1 aliphatic rings. The van der Waals surface area contributed by atoms with Gasteiger partial charge >= 0.3 is 5.97 Å². The van der Waals surface area contributed by atoms with Crippen molar-refractivity contribution < 1.29 is 14.3 Å². The van der Waals surface area contributed by atoms with Crippen molar-refractivity contribution in [2.24, 2.45) is 0 Å². The third-order valence-corrected chi connectivity index (χ3v) is 5.75. The van der Waals surface area contributed by atoms with Gasteiger partial charge in [-0.3, -0.25) is 4.79 Å². The molecule has 3 rings (SSSR count). The normalized spacial score (nSPS) is 18.3. The summed E-state index contributed by atoms with van der Waals surface area (Å²) in [4.78, 5) is 11.4. The molecule has 4 nitrogen and oxygen atoms in total. The van der Waals surface area contributed by atoms with E-state index in [9.17, 15) is 10.1 Å². The summed E-state index contributed by atoms with van der Waals surface area (Å²) in [6, 6.07) is 13.7. The zero-order valence-electron chi connectivity index (χ0n) is 14.9. The van der Waals surface area contributed by atoms with Gasteiger partial charge in [0.15, 0.2) is 0 Å². The first-order valence-corrected chi connectivity index (χ1v) is 9.83. The molecule has 0 saturated heterocycles. The summed E-state index contributed by atoms with van der Waals surface area (Å²) in [5.74, 6) is 0.335. The van der Waals surface area contributed by atoms with Crippen LogP contribution in [0, 0.1) is 11.3 Å². The minimum Gasteiger partial charge on any atom is -0.490 e. The largest absolute Gasteiger partial charge is 0.490 e. The first kappa shape index (κ1) is 19.7. The lowest BCUT2D eigenvalue weighted by atomic mass is 9.71. The van der Waals surface area contributed by atoms with E-state index < -0.39 is 5.41 Å². The number of nitriles is 1. The molecular formula is C21H19BrClNO3. The van der Waals surface area contributed by atoms with Crippen LogP contribution in [0.4, 0.5) is 0 Å². The summed E-state index contributed by atoms with van der Waals surface area (Å²) in [6.45, 7) is 0.242. The molecule has 0 amide bonds. The van der Waals surface area contributed by atoms with Crippen molar-refractivity contribution >= 4 is 33.5 Å². The number of benzene rings is 2. The molecule has 2 aromatic carbocycles. The van der Waals surface area contributed by atoms with Crippen molar-refractivity contribution in [2.75, 3.05) is 13.7 Å². The summed E-state index contributed by atoms with van der Waals surface area (Å²) in [7, 11) is 1.37. The van der Waals surface area contributed by atoms with Crippen LogP contribution in [-0.2, 0) is 27.8 Å². The van der Waals surface area contributed by atoms with Crippen molar-refractivity contribution in [3.8, 4) is 11.8 Å². The van der Waals surface area contributed by atoms with E-state index in [1.807, 2.05) is 30.3 Å². The third kappa shape index (κ3) is 4.28. The molecule has 6 heteroatoms. The van der Waals surface area contributed by atoms with Gasteiger partial charge in [-0.2, -0.15) is 5.26 Å². The van der Waals surface area contributed by atoms with E-state index in [1.54, 1.807) is 6.07 Å². The van der Waals surface area contributed by atoms with E-state index in [4.69, 9.17) is 16.3 Å². The molecule has 0 spiro atoms. The van der Waals surface area contributed by atoms with Crippen molar-refractivity contribution in [1.82, 2.24) is 0 Å². The minimum absolute atomic E-state index is 0.198. The van der Waals surface area contributed by atoms with Gasteiger partial charge in [-0.1, -0.05) is 23.7 Å². The van der Waals surface area contributed by atoms with Crippen LogP contribution in [0.2, 0.25) is 5.02 Å². The highest BCUT2D eigenvalue weighted by atomic mass is 79.9. The Morgan fingerprint density at radius 1 is 1.33 bits per heavy atom. The minimum atomic E-state index is -0.720. The molecule has 0 aliphatic heterocycles. The highest BCUT2D eigenvalue weighted by Gasteiger charge is 2.38. The Morgan fingerprint density at radius 3 is 2.85 bits per heavy atom. The second-order valence-electron chi connectivity index (χ2n) is 6.66. The monoisotopic (exact) mass is 447 g/mol. The summed E-state index contributed by atoms with van der Waals surface area (Å²) in [6.07, 6.45) is 2.81. The zero-order valence-corrected chi connectivity index (χ0v) is 17.3. The van der Waals surface area contributed by atoms with E-state index in [1.165, 1.54) is 7.11 Å². The average molecular weight is 449 g/mol. The Labute approximate surface area is 172 Å². The fourth-order valence-electron chi connectivity index (χ4n) is 3.44. The Bertz CT molecular complexity index is 909. The topological polar surface area (TPSA) is 59.3 Å². The van der Waals surface area contributed by atoms with Gasteiger partial charge in [0.05, 0.1) is 24.1 Å². The molecule has 0 radical (unpaired) electrons. The van der Waals surface area contributed by atoms with Crippen LogP contribution in [0.25, 0.3) is 0 Å². The van der Waals surface area contributed by atoms with Gasteiger partial charge in [-0.15, -0.1) is 0 Å². The molecule has 0 heterocycles. The summed E-state index contributed by atoms with van der Waals surface area (Å²) >= 11 is 9.66. The molecule has 1 atom stereocenters. The maximum Gasteiger partial charge on any atom is 0.309 e. The van der Waals surface area contributed by atoms with Gasteiger partial charge in [0.25, 0.3) is 0 Å². The van der Waals surface area contributed by atoms with Crippen LogP contribution in [0.3, 0.4) is 0 Å². The summed E-state index contributed by atoms with van der Waals surface area (Å²) in [5.41, 5.74) is 2.22. The number of fused-ring (bicyclic) bond motifs is 1. The van der Waals surface area contributed by atoms with E-state index in [2.05, 4.69) is 26.7 Å². The summed E-state index contributed by atoms with van der Waals surface area (Å²) < 4.78 is 11.4. The van der Waals surface area contributed by atoms with Crippen LogP contribution < -0.4 is 4.74 Å². The number of methoxy groups -OCH3 is 1. The Morgan fingerprint density at radius 2 is 2.15 bits per heavy atom. The lowest BCUT2D eigenvalue weighted by Crippen LogP contribution is -2.35. The van der Waals surface area contributed by atoms with Crippen molar-refractivity contribution in [1.29, 1.82) is 5.26 Å². The SMILES string of the molecule is COC(=O)Cc1ccc(OCC2(C#N)CCCc3ccc(Cl)cc32)c(Br)c1. The maximum atomic E-state index is 11.4. The predicted molar refractivity (Wildman–Crippen MR) is 107 cm³/mol. The number of nitrogens with zero attached hydrogens (tertiary/aromatic N) is 1. The molecule has 27 heavy (non-hydrogen) atoms. The molecule has 0 bridgehead atoms. The Balaban J connectivity index is 1.81. The molecule has 1 aliphatic carbocycles. The van der Waals surface area contributed by atoms with E-state index in [0.717, 1.165) is 40.4 Å². The maximum absolute atomic E-state index is 11.4. The first-order chi connectivity index (χ1) is 13.0. The highest BCUT2D eigenvalue weighted by Crippen LogP contribution is 2.39. The van der Waals surface area contributed by atoms with Gasteiger partial charge in [-0.25, -0.2) is 0 Å². The number of carbonyl (C=O) groups is 1. The fourth-order valence-corrected chi connectivity index (χ4v) is 4.15. The van der Waals surface area contributed by atoms with Gasteiger partial charge in [0.2, 0.25) is 0 Å². The van der Waals surface area contributed by atoms with Gasteiger partial charge in [-0.05, 0) is 76.1 Å². The third-order valence-electron chi connectivity index (χ3n) is 4.90. The van der Waals surface area contributed by atoms with Crippen LogP contribution in [-0.4, -0.2) is 19.7 Å². The lowest BCUT2D eigenvalue weighted by Gasteiger charge is -2.33. The van der Waals surface area contributed by atoms with E-state index in [0.29, 0.717) is 10.8 Å². The molecule has 1 unspecified atom stereocenters. The number of halogens is 2. The van der Waals surface area contributed by atoms with Gasteiger partial charge in [0, 0.05) is 5.02 Å². The predicted octanol–water partition coefficient (Wildman–Crippen LogP) is 4.99. The van der Waals surface area contributed by atoms with Crippen molar-refractivity contribution in [3.63, 3.8) is 0 Å². The van der Waals surface area contributed by atoms with Crippen LogP contribution in [0.5, 0.6) is 5.75 Å². The second-order valence-corrected chi connectivity index (χ2v) is 7.95. The van der Waals surface area contributed by atoms with E-state index in [-0.39, 0.29) is 19.0 Å². The van der Waals surface area contributed by atoms with Crippen molar-refractivity contribution in [2.45, 2.75) is 31.1 Å². The molecule has 0 N–H and O–H groups in total. The number of ether oxygens (including phenoxy) is 2. The van der Waals surface area contributed by atoms with Crippen LogP contribution in [0.15, 0.2) is 40.9 Å². The molecule has 140 valence electrons. The lowest BCUT2D eigenvalue weighted by molar-refractivity contribution is -0.139. The molecular weight excluding hydrogens is 430 g/mol. The summed E-state index contributed by atoms with van der Waals surface area (Å²) in [5, 5.41) is 10.6. The van der Waals surface area contributed by atoms with Crippen LogP contribution in [0.1, 0.15) is 29.5 Å². The number of rotatable bonds is 5. The number of esters is 1. The molecule has 0 aromatic heterocycles. The Hall–Kier alpha value is -2.03. The first-order valence-electron chi connectivity index (χ1n) is 8.65. The number of aryl methyl sites for hydroxylation is 1.